The Kier molecular flexibility index (Phi) is 4.74. The van der Waals surface area contributed by atoms with Gasteiger partial charge in [0.2, 0.25) is 5.91 Å². The van der Waals surface area contributed by atoms with Crippen molar-refractivity contribution in [1.29, 1.82) is 0 Å². The molecule has 4 nitrogen and oxygen atoms in total. The fourth-order valence-corrected chi connectivity index (χ4v) is 0.907. The molecule has 1 rings (SSSR count). The second-order valence-corrected chi connectivity index (χ2v) is 2.47. The predicted molar refractivity (Wildman–Crippen MR) is 51.5 cm³/mol. The minimum atomic E-state index is -0.102. The minimum Gasteiger partial charge on any atom is -0.361 e. The van der Waals surface area contributed by atoms with Gasteiger partial charge in [-0.25, -0.2) is 0 Å². The lowest BCUT2D eigenvalue weighted by atomic mass is 10.1. The van der Waals surface area contributed by atoms with Gasteiger partial charge in [-0.15, -0.1) is 12.4 Å². The van der Waals surface area contributed by atoms with Crippen molar-refractivity contribution in [1.82, 2.24) is 5.32 Å². The fourth-order valence-electron chi connectivity index (χ4n) is 0.907. The second kappa shape index (κ2) is 5.30. The van der Waals surface area contributed by atoms with Gasteiger partial charge >= 0.3 is 0 Å². The Morgan fingerprint density at radius 3 is 2.69 bits per heavy atom. The Morgan fingerprint density at radius 1 is 1.62 bits per heavy atom. The second-order valence-electron chi connectivity index (χ2n) is 2.47. The number of rotatable bonds is 1. The van der Waals surface area contributed by atoms with Crippen molar-refractivity contribution in [2.45, 2.75) is 13.3 Å². The van der Waals surface area contributed by atoms with Crippen molar-refractivity contribution < 1.29 is 9.58 Å². The Hall–Kier alpha value is -1.38. The standard InChI is InChI=1S/C8H9N3O.ClH/c1-6(12)10-7-2-4-8(11-9)5-3-7;/h2-4H,5H2,1H3,(H,10,12);1H. The molecule has 0 heterocycles. The summed E-state index contributed by atoms with van der Waals surface area (Å²) in [5.74, 6) is -0.102. The van der Waals surface area contributed by atoms with Crippen LogP contribution < -0.4 is 5.32 Å². The van der Waals surface area contributed by atoms with Gasteiger partial charge in [0.25, 0.3) is 5.71 Å². The summed E-state index contributed by atoms with van der Waals surface area (Å²) in [6.07, 6.45) is 5.68. The molecule has 70 valence electrons. The van der Waals surface area contributed by atoms with Crippen LogP contribution in [0.1, 0.15) is 13.3 Å². The topological polar surface area (TPSA) is 65.5 Å². The first kappa shape index (κ1) is 11.6. The SMILES string of the molecule is CC(=O)NC1=CCC(=[N+]=[N-])C=C1.Cl. The molecule has 5 heteroatoms. The molecule has 0 radical (unpaired) electrons. The number of hydrogen-bond donors (Lipinski definition) is 1. The Morgan fingerprint density at radius 2 is 2.31 bits per heavy atom. The van der Waals surface area contributed by atoms with Crippen molar-refractivity contribution in [3.63, 3.8) is 0 Å². The van der Waals surface area contributed by atoms with Gasteiger partial charge < -0.3 is 10.8 Å². The molecule has 0 fully saturated rings. The van der Waals surface area contributed by atoms with Crippen LogP contribution in [0.4, 0.5) is 0 Å². The van der Waals surface area contributed by atoms with Crippen LogP contribution >= 0.6 is 12.4 Å². The van der Waals surface area contributed by atoms with Gasteiger partial charge in [-0.2, -0.15) is 4.79 Å². The van der Waals surface area contributed by atoms with Crippen molar-refractivity contribution in [2.24, 2.45) is 0 Å². The van der Waals surface area contributed by atoms with Crippen LogP contribution in [-0.4, -0.2) is 16.4 Å². The molecule has 0 atom stereocenters. The lowest BCUT2D eigenvalue weighted by molar-refractivity contribution is -0.118. The molecule has 1 aliphatic rings. The molecule has 0 aliphatic heterocycles. The number of carbonyl (C=O) groups excluding carboxylic acids is 1. The van der Waals surface area contributed by atoms with E-state index in [4.69, 9.17) is 5.53 Å². The van der Waals surface area contributed by atoms with Crippen LogP contribution in [0.15, 0.2) is 23.9 Å². The molecule has 0 saturated carbocycles. The molecule has 1 N–H and O–H groups in total. The zero-order valence-electron chi connectivity index (χ0n) is 7.15. The van der Waals surface area contributed by atoms with Gasteiger partial charge in [-0.05, 0) is 12.2 Å². The van der Waals surface area contributed by atoms with E-state index < -0.39 is 0 Å². The van der Waals surface area contributed by atoms with E-state index in [1.807, 2.05) is 0 Å². The van der Waals surface area contributed by atoms with Crippen LogP contribution in [-0.2, 0) is 4.79 Å². The van der Waals surface area contributed by atoms with Crippen LogP contribution in [0, 0.1) is 0 Å². The van der Waals surface area contributed by atoms with Crippen LogP contribution in [0.2, 0.25) is 0 Å². The minimum absolute atomic E-state index is 0. The van der Waals surface area contributed by atoms with Crippen molar-refractivity contribution in [2.75, 3.05) is 0 Å². The largest absolute Gasteiger partial charge is 0.361 e. The normalized spacial score (nSPS) is 13.9. The summed E-state index contributed by atoms with van der Waals surface area (Å²) >= 11 is 0. The maximum absolute atomic E-state index is 10.6. The molecule has 1 aliphatic carbocycles. The quantitative estimate of drug-likeness (QED) is 0.498. The molecule has 1 amide bonds. The third-order valence-corrected chi connectivity index (χ3v) is 1.44. The zero-order chi connectivity index (χ0) is 8.97. The molecular formula is C8H10ClN3O. The number of nitrogens with one attached hydrogen (secondary N) is 1. The monoisotopic (exact) mass is 199 g/mol. The number of carbonyl (C=O) groups is 1. The van der Waals surface area contributed by atoms with Crippen molar-refractivity contribution in [3.05, 3.63) is 29.5 Å². The summed E-state index contributed by atoms with van der Waals surface area (Å²) in [6, 6.07) is 0. The van der Waals surface area contributed by atoms with Crippen molar-refractivity contribution >= 4 is 24.0 Å². The zero-order valence-corrected chi connectivity index (χ0v) is 7.97. The van der Waals surface area contributed by atoms with Gasteiger partial charge in [0.1, 0.15) is 0 Å². The summed E-state index contributed by atoms with van der Waals surface area (Å²) in [6.45, 7) is 1.45. The summed E-state index contributed by atoms with van der Waals surface area (Å²) in [7, 11) is 0. The Bertz CT molecular complexity index is 313. The first-order chi connectivity index (χ1) is 5.72. The highest BCUT2D eigenvalue weighted by atomic mass is 35.5. The smallest absolute Gasteiger partial charge is 0.295 e. The average molecular weight is 200 g/mol. The third-order valence-electron chi connectivity index (χ3n) is 1.44. The summed E-state index contributed by atoms with van der Waals surface area (Å²) < 4.78 is 0. The molecule has 0 aromatic carbocycles. The molecule has 0 aromatic heterocycles. The van der Waals surface area contributed by atoms with Crippen LogP contribution in [0.3, 0.4) is 0 Å². The van der Waals surface area contributed by atoms with Gasteiger partial charge in [-0.3, -0.25) is 4.79 Å². The Balaban J connectivity index is 0.00000144. The summed E-state index contributed by atoms with van der Waals surface area (Å²) in [5.41, 5.74) is 9.71. The molecule has 0 spiro atoms. The summed E-state index contributed by atoms with van der Waals surface area (Å²) in [4.78, 5) is 13.6. The molecular weight excluding hydrogens is 190 g/mol. The van der Waals surface area contributed by atoms with E-state index in [0.717, 1.165) is 5.70 Å². The summed E-state index contributed by atoms with van der Waals surface area (Å²) in [5, 5.41) is 2.63. The lowest BCUT2D eigenvalue weighted by Crippen LogP contribution is -2.19. The van der Waals surface area contributed by atoms with E-state index in [0.29, 0.717) is 12.1 Å². The average Bonchev–Trinajstić information content (AvgIpc) is 2.05. The van der Waals surface area contributed by atoms with Gasteiger partial charge in [0.15, 0.2) is 0 Å². The number of allylic oxidation sites excluding steroid dienone is 3. The first-order valence-electron chi connectivity index (χ1n) is 3.59. The highest BCUT2D eigenvalue weighted by molar-refractivity contribution is 5.93. The van der Waals surface area contributed by atoms with Crippen LogP contribution in [0.25, 0.3) is 5.53 Å². The highest BCUT2D eigenvalue weighted by Crippen LogP contribution is 2.03. The maximum Gasteiger partial charge on any atom is 0.295 e. The van der Waals surface area contributed by atoms with Gasteiger partial charge in [0, 0.05) is 18.7 Å². The van der Waals surface area contributed by atoms with E-state index in [9.17, 15) is 4.79 Å². The van der Waals surface area contributed by atoms with E-state index >= 15 is 0 Å². The van der Waals surface area contributed by atoms with Crippen molar-refractivity contribution in [3.8, 4) is 0 Å². The van der Waals surface area contributed by atoms with E-state index in [1.54, 1.807) is 18.2 Å². The number of hydrogen-bond acceptors (Lipinski definition) is 1. The van der Waals surface area contributed by atoms with Gasteiger partial charge in [0.05, 0.1) is 6.42 Å². The van der Waals surface area contributed by atoms with Gasteiger partial charge in [-0.1, -0.05) is 0 Å². The number of nitrogens with zero attached hydrogens (tertiary/aromatic N) is 2. The number of amides is 1. The Labute approximate surface area is 82.4 Å². The first-order valence-corrected chi connectivity index (χ1v) is 3.59. The third kappa shape index (κ3) is 3.69. The number of halogens is 1. The fraction of sp³-hybridized carbons (Fsp3) is 0.250. The van der Waals surface area contributed by atoms with E-state index in [-0.39, 0.29) is 18.3 Å². The predicted octanol–water partition coefficient (Wildman–Crippen LogP) is 1.06. The molecule has 0 saturated heterocycles. The molecule has 0 aromatic rings. The lowest BCUT2D eigenvalue weighted by Gasteiger charge is -2.03. The van der Waals surface area contributed by atoms with E-state index in [1.165, 1.54) is 6.92 Å². The van der Waals surface area contributed by atoms with Crippen LogP contribution in [0.5, 0.6) is 0 Å². The molecule has 13 heavy (non-hydrogen) atoms. The van der Waals surface area contributed by atoms with E-state index in [2.05, 4.69) is 10.1 Å². The molecule has 0 unspecified atom stereocenters. The highest BCUT2D eigenvalue weighted by Gasteiger charge is 2.07. The maximum atomic E-state index is 10.6. The molecule has 0 bridgehead atoms.